The second-order valence-electron chi connectivity index (χ2n) is 15.6. The molecular weight excluding hydrogens is 729 g/mol. The molecule has 1 aliphatic carbocycles. The molecule has 2 aliphatic rings. The summed E-state index contributed by atoms with van der Waals surface area (Å²) in [4.78, 5) is 4.68. The number of benzene rings is 10. The van der Waals surface area contributed by atoms with Gasteiger partial charge in [-0.2, -0.15) is 0 Å². The SMILES string of the molecule is c1ccc(N(c2ccccc2)c2ccc(N(c3ccccc3)c3ccc4c(c3)-c3ccccc3C43c4ccc5ccccc5c4Oc4c3ccc3ccccc43)cc2)cc1. The Morgan fingerprint density at radius 3 is 1.20 bits per heavy atom. The van der Waals surface area contributed by atoms with Crippen molar-refractivity contribution in [2.45, 2.75) is 5.41 Å². The molecule has 12 rings (SSSR count). The number of fused-ring (bicyclic) bond motifs is 13. The molecule has 1 heterocycles. The van der Waals surface area contributed by atoms with Crippen molar-refractivity contribution >= 4 is 55.7 Å². The molecule has 10 aromatic carbocycles. The van der Waals surface area contributed by atoms with E-state index in [0.717, 1.165) is 67.2 Å². The molecule has 1 spiro atoms. The highest BCUT2D eigenvalue weighted by atomic mass is 16.5. The van der Waals surface area contributed by atoms with Crippen molar-refractivity contribution in [1.29, 1.82) is 0 Å². The maximum absolute atomic E-state index is 7.17. The Kier molecular flexibility index (Phi) is 7.76. The van der Waals surface area contributed by atoms with Crippen LogP contribution in [-0.4, -0.2) is 0 Å². The van der Waals surface area contributed by atoms with E-state index in [-0.39, 0.29) is 0 Å². The number of para-hydroxylation sites is 3. The minimum absolute atomic E-state index is 0.598. The van der Waals surface area contributed by atoms with Gasteiger partial charge in [-0.1, -0.05) is 158 Å². The first-order valence-corrected chi connectivity index (χ1v) is 20.6. The van der Waals surface area contributed by atoms with Crippen LogP contribution in [-0.2, 0) is 5.41 Å². The summed E-state index contributed by atoms with van der Waals surface area (Å²) in [5.41, 5.74) is 13.3. The van der Waals surface area contributed by atoms with Crippen molar-refractivity contribution in [3.8, 4) is 22.6 Å². The lowest BCUT2D eigenvalue weighted by Gasteiger charge is -2.40. The molecule has 3 heteroatoms. The van der Waals surface area contributed by atoms with E-state index >= 15 is 0 Å². The maximum atomic E-state index is 7.17. The Bertz CT molecular complexity index is 3110. The van der Waals surface area contributed by atoms with Crippen molar-refractivity contribution in [1.82, 2.24) is 0 Å². The van der Waals surface area contributed by atoms with Gasteiger partial charge in [0, 0.05) is 56.0 Å². The summed E-state index contributed by atoms with van der Waals surface area (Å²) in [6.07, 6.45) is 0. The number of hydrogen-bond acceptors (Lipinski definition) is 3. The van der Waals surface area contributed by atoms with Gasteiger partial charge in [0.1, 0.15) is 11.5 Å². The summed E-state index contributed by atoms with van der Waals surface area (Å²) < 4.78 is 7.17. The third-order valence-corrected chi connectivity index (χ3v) is 12.5. The topological polar surface area (TPSA) is 15.7 Å². The zero-order valence-electron chi connectivity index (χ0n) is 32.7. The van der Waals surface area contributed by atoms with Gasteiger partial charge in [-0.05, 0) is 106 Å². The summed E-state index contributed by atoms with van der Waals surface area (Å²) in [6.45, 7) is 0. The lowest BCUT2D eigenvalue weighted by molar-refractivity contribution is 0.447. The zero-order valence-corrected chi connectivity index (χ0v) is 32.7. The lowest BCUT2D eigenvalue weighted by atomic mass is 9.65. The summed E-state index contributed by atoms with van der Waals surface area (Å²) in [7, 11) is 0. The molecule has 0 radical (unpaired) electrons. The van der Waals surface area contributed by atoms with Crippen LogP contribution in [0.2, 0.25) is 0 Å². The van der Waals surface area contributed by atoms with Crippen LogP contribution < -0.4 is 14.5 Å². The van der Waals surface area contributed by atoms with Gasteiger partial charge in [0.05, 0.1) is 5.41 Å². The molecule has 60 heavy (non-hydrogen) atoms. The van der Waals surface area contributed by atoms with E-state index in [4.69, 9.17) is 4.74 Å². The molecule has 1 aliphatic heterocycles. The molecule has 0 N–H and O–H groups in total. The van der Waals surface area contributed by atoms with E-state index in [1.165, 1.54) is 33.4 Å². The van der Waals surface area contributed by atoms with E-state index in [1.54, 1.807) is 0 Å². The van der Waals surface area contributed by atoms with E-state index in [2.05, 4.69) is 240 Å². The number of nitrogens with zero attached hydrogens (tertiary/aromatic N) is 2. The highest BCUT2D eigenvalue weighted by Gasteiger charge is 2.52. The van der Waals surface area contributed by atoms with Crippen molar-refractivity contribution in [3.05, 3.63) is 253 Å². The summed E-state index contributed by atoms with van der Waals surface area (Å²) >= 11 is 0. The van der Waals surface area contributed by atoms with Gasteiger partial charge >= 0.3 is 0 Å². The van der Waals surface area contributed by atoms with Crippen LogP contribution in [0.5, 0.6) is 11.5 Å². The predicted octanol–water partition coefficient (Wildman–Crippen LogP) is 15.4. The normalized spacial score (nSPS) is 12.9. The van der Waals surface area contributed by atoms with Crippen LogP contribution in [0.4, 0.5) is 34.1 Å². The molecule has 0 unspecified atom stereocenters. The van der Waals surface area contributed by atoms with Gasteiger partial charge in [-0.3, -0.25) is 0 Å². The Morgan fingerprint density at radius 1 is 0.283 bits per heavy atom. The van der Waals surface area contributed by atoms with E-state index in [9.17, 15) is 0 Å². The van der Waals surface area contributed by atoms with Crippen molar-refractivity contribution in [2.24, 2.45) is 0 Å². The smallest absolute Gasteiger partial charge is 0.140 e. The number of rotatable bonds is 6. The Labute approximate surface area is 349 Å². The van der Waals surface area contributed by atoms with Crippen LogP contribution in [0.25, 0.3) is 32.7 Å². The van der Waals surface area contributed by atoms with Crippen LogP contribution in [0.3, 0.4) is 0 Å². The summed E-state index contributed by atoms with van der Waals surface area (Å²) in [6, 6.07) is 83.2. The molecule has 0 amide bonds. The van der Waals surface area contributed by atoms with Gasteiger partial charge in [0.25, 0.3) is 0 Å². The van der Waals surface area contributed by atoms with Gasteiger partial charge in [0.15, 0.2) is 0 Å². The molecule has 0 fully saturated rings. The second-order valence-corrected chi connectivity index (χ2v) is 15.6. The monoisotopic (exact) mass is 766 g/mol. The highest BCUT2D eigenvalue weighted by molar-refractivity contribution is 6.00. The average molecular weight is 767 g/mol. The second kappa shape index (κ2) is 13.6. The fraction of sp³-hybridized carbons (Fsp3) is 0.0175. The third kappa shape index (κ3) is 5.09. The molecule has 0 aromatic heterocycles. The average Bonchev–Trinajstić information content (AvgIpc) is 3.60. The zero-order chi connectivity index (χ0) is 39.6. The van der Waals surface area contributed by atoms with Crippen LogP contribution in [0, 0.1) is 0 Å². The number of hydrogen-bond donors (Lipinski definition) is 0. The predicted molar refractivity (Wildman–Crippen MR) is 248 cm³/mol. The first-order valence-electron chi connectivity index (χ1n) is 20.6. The van der Waals surface area contributed by atoms with Gasteiger partial charge < -0.3 is 14.5 Å². The van der Waals surface area contributed by atoms with Crippen molar-refractivity contribution in [2.75, 3.05) is 9.80 Å². The highest BCUT2D eigenvalue weighted by Crippen LogP contribution is 2.64. The van der Waals surface area contributed by atoms with Crippen LogP contribution in [0.15, 0.2) is 231 Å². The number of anilines is 6. The van der Waals surface area contributed by atoms with Crippen LogP contribution >= 0.6 is 0 Å². The first-order chi connectivity index (χ1) is 29.8. The molecule has 3 nitrogen and oxygen atoms in total. The fourth-order valence-electron chi connectivity index (χ4n) is 9.91. The van der Waals surface area contributed by atoms with Crippen LogP contribution in [0.1, 0.15) is 22.3 Å². The minimum atomic E-state index is -0.598. The van der Waals surface area contributed by atoms with Gasteiger partial charge in [-0.25, -0.2) is 0 Å². The quantitative estimate of drug-likeness (QED) is 0.168. The minimum Gasteiger partial charge on any atom is -0.455 e. The Balaban J connectivity index is 1.06. The van der Waals surface area contributed by atoms with Gasteiger partial charge in [-0.15, -0.1) is 0 Å². The molecular formula is C57H38N2O. The maximum Gasteiger partial charge on any atom is 0.140 e. The standard InChI is InChI=1S/C57H38N2O/c1-4-18-41(19-5-1)58(42-20-6-2-7-21-42)44-30-32-45(33-31-44)59(43-22-8-3-9-23-43)46-34-37-52-50(38-46)49-26-14-15-27-51(49)57(52)53-35-28-39-16-10-12-24-47(39)55(53)60-56-48-25-13-11-17-40(48)29-36-54(56)57/h1-38H. The Morgan fingerprint density at radius 2 is 0.667 bits per heavy atom. The largest absolute Gasteiger partial charge is 0.455 e. The molecule has 282 valence electrons. The van der Waals surface area contributed by atoms with E-state index in [1.807, 2.05) is 0 Å². The lowest BCUT2D eigenvalue weighted by Crippen LogP contribution is -2.32. The van der Waals surface area contributed by atoms with E-state index in [0.29, 0.717) is 0 Å². The molecule has 10 aromatic rings. The molecule has 0 atom stereocenters. The molecule has 0 saturated heterocycles. The Hall–Kier alpha value is -7.88. The van der Waals surface area contributed by atoms with Crippen molar-refractivity contribution < 1.29 is 4.74 Å². The first kappa shape index (κ1) is 34.2. The molecule has 0 saturated carbocycles. The summed E-state index contributed by atoms with van der Waals surface area (Å²) in [5.74, 6) is 1.85. The van der Waals surface area contributed by atoms with Gasteiger partial charge in [0.2, 0.25) is 0 Å². The molecule has 0 bridgehead atoms. The van der Waals surface area contributed by atoms with E-state index < -0.39 is 5.41 Å². The number of ether oxygens (including phenoxy) is 1. The summed E-state index contributed by atoms with van der Waals surface area (Å²) in [5, 5.41) is 4.56. The fourth-order valence-corrected chi connectivity index (χ4v) is 9.91. The third-order valence-electron chi connectivity index (χ3n) is 12.5. The van der Waals surface area contributed by atoms with Crippen molar-refractivity contribution in [3.63, 3.8) is 0 Å².